The minimum absolute atomic E-state index is 0.0145. The fraction of sp³-hybridized carbons (Fsp3) is 1.00. The third kappa shape index (κ3) is 1.95. The lowest BCUT2D eigenvalue weighted by Gasteiger charge is -2.31. The van der Waals surface area contributed by atoms with Gasteiger partial charge in [-0.15, -0.1) is 0 Å². The van der Waals surface area contributed by atoms with Crippen LogP contribution in [0.1, 0.15) is 26.2 Å². The SMILES string of the molecule is CCCN[C@H]1C[C@H](O)C1. The molecule has 1 aliphatic rings. The number of hydrogen-bond acceptors (Lipinski definition) is 2. The van der Waals surface area contributed by atoms with Crippen LogP contribution in [0.15, 0.2) is 0 Å². The summed E-state index contributed by atoms with van der Waals surface area (Å²) in [5.41, 5.74) is 0. The monoisotopic (exact) mass is 129 g/mol. The van der Waals surface area contributed by atoms with E-state index in [1.54, 1.807) is 0 Å². The fourth-order valence-corrected chi connectivity index (χ4v) is 1.10. The van der Waals surface area contributed by atoms with Crippen molar-refractivity contribution >= 4 is 0 Å². The molecule has 0 amide bonds. The van der Waals surface area contributed by atoms with Crippen molar-refractivity contribution in [3.63, 3.8) is 0 Å². The Morgan fingerprint density at radius 1 is 1.56 bits per heavy atom. The summed E-state index contributed by atoms with van der Waals surface area (Å²) in [6, 6.07) is 0.611. The van der Waals surface area contributed by atoms with Gasteiger partial charge >= 0.3 is 0 Å². The van der Waals surface area contributed by atoms with Crippen molar-refractivity contribution < 1.29 is 5.11 Å². The van der Waals surface area contributed by atoms with Crippen LogP contribution in [0.5, 0.6) is 0 Å². The van der Waals surface area contributed by atoms with Gasteiger partial charge in [-0.2, -0.15) is 0 Å². The molecule has 1 aliphatic carbocycles. The van der Waals surface area contributed by atoms with E-state index in [4.69, 9.17) is 5.11 Å². The van der Waals surface area contributed by atoms with E-state index >= 15 is 0 Å². The van der Waals surface area contributed by atoms with Gasteiger partial charge in [0.05, 0.1) is 6.10 Å². The molecule has 2 heteroatoms. The molecule has 9 heavy (non-hydrogen) atoms. The van der Waals surface area contributed by atoms with Crippen LogP contribution in [0.2, 0.25) is 0 Å². The fourth-order valence-electron chi connectivity index (χ4n) is 1.10. The summed E-state index contributed by atoms with van der Waals surface area (Å²) in [6.45, 7) is 3.25. The van der Waals surface area contributed by atoms with Crippen LogP contribution in [-0.4, -0.2) is 23.8 Å². The van der Waals surface area contributed by atoms with Crippen molar-refractivity contribution in [1.82, 2.24) is 5.32 Å². The summed E-state index contributed by atoms with van der Waals surface area (Å²) >= 11 is 0. The van der Waals surface area contributed by atoms with Gasteiger partial charge in [0.15, 0.2) is 0 Å². The number of nitrogens with one attached hydrogen (secondary N) is 1. The van der Waals surface area contributed by atoms with E-state index < -0.39 is 0 Å². The van der Waals surface area contributed by atoms with Gasteiger partial charge < -0.3 is 10.4 Å². The molecule has 0 atom stereocenters. The molecule has 0 aromatic heterocycles. The van der Waals surface area contributed by atoms with E-state index in [2.05, 4.69) is 12.2 Å². The first-order valence-electron chi connectivity index (χ1n) is 3.74. The van der Waals surface area contributed by atoms with Crippen LogP contribution in [0.4, 0.5) is 0 Å². The molecule has 1 saturated carbocycles. The molecule has 1 rings (SSSR count). The topological polar surface area (TPSA) is 32.3 Å². The Bertz CT molecular complexity index is 79.0. The number of aliphatic hydroxyl groups is 1. The first kappa shape index (κ1) is 7.03. The highest BCUT2D eigenvalue weighted by Crippen LogP contribution is 2.18. The van der Waals surface area contributed by atoms with Gasteiger partial charge in [-0.25, -0.2) is 0 Å². The van der Waals surface area contributed by atoms with Crippen molar-refractivity contribution in [2.24, 2.45) is 0 Å². The van der Waals surface area contributed by atoms with Crippen LogP contribution in [0, 0.1) is 0 Å². The predicted octanol–water partition coefficient (Wildman–Crippen LogP) is 0.509. The Hall–Kier alpha value is -0.0800. The molecule has 54 valence electrons. The van der Waals surface area contributed by atoms with E-state index in [1.165, 1.54) is 6.42 Å². The molecule has 0 aromatic rings. The van der Waals surface area contributed by atoms with Crippen LogP contribution in [-0.2, 0) is 0 Å². The van der Waals surface area contributed by atoms with Crippen LogP contribution in [0.25, 0.3) is 0 Å². The molecule has 0 bridgehead atoms. The summed E-state index contributed by atoms with van der Waals surface area (Å²) in [4.78, 5) is 0. The number of rotatable bonds is 3. The smallest absolute Gasteiger partial charge is 0.0570 e. The molecule has 0 aromatic carbocycles. The highest BCUT2D eigenvalue weighted by Gasteiger charge is 2.25. The molecule has 0 aliphatic heterocycles. The maximum atomic E-state index is 8.88. The highest BCUT2D eigenvalue weighted by molar-refractivity contribution is 4.83. The van der Waals surface area contributed by atoms with Gasteiger partial charge in [0.2, 0.25) is 0 Å². The lowest BCUT2D eigenvalue weighted by Crippen LogP contribution is -2.44. The van der Waals surface area contributed by atoms with E-state index in [-0.39, 0.29) is 6.10 Å². The highest BCUT2D eigenvalue weighted by atomic mass is 16.3. The Morgan fingerprint density at radius 2 is 2.22 bits per heavy atom. The molecule has 0 saturated heterocycles. The van der Waals surface area contributed by atoms with Crippen LogP contribution >= 0.6 is 0 Å². The molecule has 0 heterocycles. The molecule has 2 nitrogen and oxygen atoms in total. The zero-order valence-electron chi connectivity index (χ0n) is 5.93. The van der Waals surface area contributed by atoms with Gasteiger partial charge in [-0.3, -0.25) is 0 Å². The van der Waals surface area contributed by atoms with E-state index in [9.17, 15) is 0 Å². The van der Waals surface area contributed by atoms with Crippen molar-refractivity contribution in [3.8, 4) is 0 Å². The summed E-state index contributed by atoms with van der Waals surface area (Å²) in [5.74, 6) is 0. The first-order valence-corrected chi connectivity index (χ1v) is 3.74. The molecular weight excluding hydrogens is 114 g/mol. The lowest BCUT2D eigenvalue weighted by molar-refractivity contribution is 0.0628. The van der Waals surface area contributed by atoms with Gasteiger partial charge in [0.25, 0.3) is 0 Å². The van der Waals surface area contributed by atoms with Crippen LogP contribution < -0.4 is 5.32 Å². The number of aliphatic hydroxyl groups excluding tert-OH is 1. The largest absolute Gasteiger partial charge is 0.393 e. The van der Waals surface area contributed by atoms with E-state index in [1.807, 2.05) is 0 Å². The third-order valence-electron chi connectivity index (χ3n) is 1.80. The normalized spacial score (nSPS) is 34.0. The second-order valence-electron chi connectivity index (χ2n) is 2.78. The van der Waals surface area contributed by atoms with Crippen molar-refractivity contribution in [2.75, 3.05) is 6.54 Å². The average Bonchev–Trinajstić information content (AvgIpc) is 1.78. The molecule has 0 unspecified atom stereocenters. The Morgan fingerprint density at radius 3 is 2.67 bits per heavy atom. The average molecular weight is 129 g/mol. The molecule has 0 radical (unpaired) electrons. The second kappa shape index (κ2) is 3.18. The maximum absolute atomic E-state index is 8.88. The van der Waals surface area contributed by atoms with Crippen molar-refractivity contribution in [3.05, 3.63) is 0 Å². The summed E-state index contributed by atoms with van der Waals surface area (Å²) in [6.07, 6.45) is 3.09. The molecule has 2 N–H and O–H groups in total. The summed E-state index contributed by atoms with van der Waals surface area (Å²) in [5, 5.41) is 12.2. The number of hydrogen-bond donors (Lipinski definition) is 2. The molecule has 1 fully saturated rings. The standard InChI is InChI=1S/C7H15NO/c1-2-3-8-6-4-7(9)5-6/h6-9H,2-5H2,1H3/t6-,7-. The quantitative estimate of drug-likeness (QED) is 0.582. The van der Waals surface area contributed by atoms with E-state index in [0.29, 0.717) is 6.04 Å². The second-order valence-corrected chi connectivity index (χ2v) is 2.78. The van der Waals surface area contributed by atoms with Gasteiger partial charge in [0, 0.05) is 6.04 Å². The van der Waals surface area contributed by atoms with Gasteiger partial charge in [-0.05, 0) is 25.8 Å². The zero-order chi connectivity index (χ0) is 6.69. The zero-order valence-corrected chi connectivity index (χ0v) is 5.93. The van der Waals surface area contributed by atoms with Gasteiger partial charge in [0.1, 0.15) is 0 Å². The predicted molar refractivity (Wildman–Crippen MR) is 37.3 cm³/mol. The Balaban J connectivity index is 1.91. The Labute approximate surface area is 56.3 Å². The van der Waals surface area contributed by atoms with Gasteiger partial charge in [-0.1, -0.05) is 6.92 Å². The summed E-state index contributed by atoms with van der Waals surface area (Å²) in [7, 11) is 0. The van der Waals surface area contributed by atoms with Crippen LogP contribution in [0.3, 0.4) is 0 Å². The first-order chi connectivity index (χ1) is 4.33. The molecular formula is C7H15NO. The Kier molecular flexibility index (Phi) is 2.49. The third-order valence-corrected chi connectivity index (χ3v) is 1.80. The molecule has 0 spiro atoms. The minimum atomic E-state index is -0.0145. The van der Waals surface area contributed by atoms with Crippen molar-refractivity contribution in [1.29, 1.82) is 0 Å². The van der Waals surface area contributed by atoms with Crippen molar-refractivity contribution in [2.45, 2.75) is 38.3 Å². The summed E-state index contributed by atoms with van der Waals surface area (Å²) < 4.78 is 0. The van der Waals surface area contributed by atoms with E-state index in [0.717, 1.165) is 19.4 Å². The maximum Gasteiger partial charge on any atom is 0.0570 e. The lowest BCUT2D eigenvalue weighted by atomic mass is 9.89. The minimum Gasteiger partial charge on any atom is -0.393 e.